The Morgan fingerprint density at radius 2 is 1.86 bits per heavy atom. The van der Waals surface area contributed by atoms with E-state index >= 15 is 0 Å². The average molecular weight is 282 g/mol. The molecule has 0 aromatic heterocycles. The zero-order chi connectivity index (χ0) is 14.7. The van der Waals surface area contributed by atoms with Crippen molar-refractivity contribution in [3.63, 3.8) is 0 Å². The van der Waals surface area contributed by atoms with Crippen LogP contribution in [0.25, 0.3) is 0 Å². The summed E-state index contributed by atoms with van der Waals surface area (Å²) in [4.78, 5) is 2.12. The molecule has 3 rings (SSSR count). The maximum absolute atomic E-state index is 5.70. The summed E-state index contributed by atoms with van der Waals surface area (Å²) in [5.74, 6) is 1.02. The predicted molar refractivity (Wildman–Crippen MR) is 86.9 cm³/mol. The van der Waals surface area contributed by atoms with E-state index in [4.69, 9.17) is 4.74 Å². The predicted octanol–water partition coefficient (Wildman–Crippen LogP) is 3.37. The van der Waals surface area contributed by atoms with Gasteiger partial charge < -0.3 is 15.0 Å². The van der Waals surface area contributed by atoms with Gasteiger partial charge in [0.15, 0.2) is 0 Å². The van der Waals surface area contributed by atoms with Gasteiger partial charge in [-0.15, -0.1) is 0 Å². The molecule has 0 aliphatic carbocycles. The van der Waals surface area contributed by atoms with Crippen molar-refractivity contribution in [2.24, 2.45) is 0 Å². The molecule has 0 radical (unpaired) electrons. The Kier molecular flexibility index (Phi) is 4.11. The van der Waals surface area contributed by atoms with Crippen LogP contribution in [0.15, 0.2) is 48.5 Å². The van der Waals surface area contributed by atoms with Crippen LogP contribution in [0.3, 0.4) is 0 Å². The summed E-state index contributed by atoms with van der Waals surface area (Å²) in [6.07, 6.45) is 1.02. The Morgan fingerprint density at radius 1 is 1.10 bits per heavy atom. The lowest BCUT2D eigenvalue weighted by molar-refractivity contribution is 0.252. The molecule has 1 aliphatic heterocycles. The highest BCUT2D eigenvalue weighted by Gasteiger charge is 2.20. The van der Waals surface area contributed by atoms with Crippen LogP contribution < -0.4 is 15.0 Å². The van der Waals surface area contributed by atoms with Crippen molar-refractivity contribution in [2.45, 2.75) is 19.0 Å². The summed E-state index contributed by atoms with van der Waals surface area (Å²) in [7, 11) is 4.12. The maximum atomic E-state index is 5.70. The molecule has 2 aromatic carbocycles. The number of benzene rings is 2. The summed E-state index contributed by atoms with van der Waals surface area (Å²) < 4.78 is 5.70. The smallest absolute Gasteiger partial charge is 0.124 e. The van der Waals surface area contributed by atoms with Gasteiger partial charge in [0.2, 0.25) is 0 Å². The van der Waals surface area contributed by atoms with Gasteiger partial charge in [0.25, 0.3) is 0 Å². The first kappa shape index (κ1) is 14.0. The van der Waals surface area contributed by atoms with Gasteiger partial charge in [0.05, 0.1) is 6.61 Å². The van der Waals surface area contributed by atoms with E-state index in [1.807, 2.05) is 6.07 Å². The largest absolute Gasteiger partial charge is 0.493 e. The second-order valence-electron chi connectivity index (χ2n) is 5.67. The molecule has 0 saturated carbocycles. The third-order valence-electron chi connectivity index (χ3n) is 3.96. The minimum Gasteiger partial charge on any atom is -0.493 e. The van der Waals surface area contributed by atoms with E-state index in [1.54, 1.807) is 0 Å². The molecule has 3 nitrogen and oxygen atoms in total. The molecule has 0 bridgehead atoms. The van der Waals surface area contributed by atoms with E-state index in [0.717, 1.165) is 25.3 Å². The monoisotopic (exact) mass is 282 g/mol. The lowest BCUT2D eigenvalue weighted by atomic mass is 10.0. The number of anilines is 1. The van der Waals surface area contributed by atoms with Gasteiger partial charge in [-0.05, 0) is 23.8 Å². The van der Waals surface area contributed by atoms with Crippen LogP contribution in [0.5, 0.6) is 5.75 Å². The highest BCUT2D eigenvalue weighted by Crippen LogP contribution is 2.31. The van der Waals surface area contributed by atoms with Gasteiger partial charge in [-0.3, -0.25) is 0 Å². The van der Waals surface area contributed by atoms with Crippen LogP contribution in [0, 0.1) is 0 Å². The molecule has 1 N–H and O–H groups in total. The van der Waals surface area contributed by atoms with E-state index in [9.17, 15) is 0 Å². The fourth-order valence-corrected chi connectivity index (χ4v) is 2.71. The van der Waals surface area contributed by atoms with Crippen molar-refractivity contribution in [3.8, 4) is 5.75 Å². The molecule has 110 valence electrons. The number of nitrogens with zero attached hydrogens (tertiary/aromatic N) is 1. The molecular weight excluding hydrogens is 260 g/mol. The first-order chi connectivity index (χ1) is 10.2. The number of ether oxygens (including phenoxy) is 1. The van der Waals surface area contributed by atoms with Crippen LogP contribution in [-0.2, 0) is 6.54 Å². The number of hydrogen-bond donors (Lipinski definition) is 1. The fraction of sp³-hybridized carbons (Fsp3) is 0.333. The highest BCUT2D eigenvalue weighted by atomic mass is 16.5. The van der Waals surface area contributed by atoms with Crippen molar-refractivity contribution in [3.05, 3.63) is 59.7 Å². The molecule has 1 unspecified atom stereocenters. The molecule has 2 aromatic rings. The van der Waals surface area contributed by atoms with Crippen molar-refractivity contribution in [2.75, 3.05) is 25.6 Å². The zero-order valence-corrected chi connectivity index (χ0v) is 12.7. The maximum Gasteiger partial charge on any atom is 0.124 e. The van der Waals surface area contributed by atoms with E-state index < -0.39 is 0 Å². The lowest BCUT2D eigenvalue weighted by Crippen LogP contribution is -2.26. The van der Waals surface area contributed by atoms with Gasteiger partial charge in [0.1, 0.15) is 5.75 Å². The normalized spacial score (nSPS) is 17.0. The van der Waals surface area contributed by atoms with Crippen LogP contribution >= 0.6 is 0 Å². The first-order valence-corrected chi connectivity index (χ1v) is 7.45. The molecule has 3 heteroatoms. The van der Waals surface area contributed by atoms with Crippen molar-refractivity contribution in [1.82, 2.24) is 5.32 Å². The van der Waals surface area contributed by atoms with Crippen LogP contribution in [0.2, 0.25) is 0 Å². The molecule has 1 aliphatic rings. The fourth-order valence-electron chi connectivity index (χ4n) is 2.71. The molecular formula is C18H22N2O. The average Bonchev–Trinajstić information content (AvgIpc) is 2.53. The Bertz CT molecular complexity index is 592. The van der Waals surface area contributed by atoms with Crippen LogP contribution in [0.1, 0.15) is 23.6 Å². The number of fused-ring (bicyclic) bond motifs is 1. The second-order valence-corrected chi connectivity index (χ2v) is 5.67. The minimum atomic E-state index is 0.378. The van der Waals surface area contributed by atoms with Crippen molar-refractivity contribution >= 4 is 5.69 Å². The van der Waals surface area contributed by atoms with Gasteiger partial charge in [-0.2, -0.15) is 0 Å². The van der Waals surface area contributed by atoms with E-state index in [2.05, 4.69) is 66.8 Å². The Labute approximate surface area is 126 Å². The lowest BCUT2D eigenvalue weighted by Gasteiger charge is -2.26. The van der Waals surface area contributed by atoms with E-state index in [1.165, 1.54) is 16.8 Å². The van der Waals surface area contributed by atoms with Gasteiger partial charge in [-0.25, -0.2) is 0 Å². The Morgan fingerprint density at radius 3 is 2.62 bits per heavy atom. The van der Waals surface area contributed by atoms with E-state index in [0.29, 0.717) is 6.04 Å². The topological polar surface area (TPSA) is 24.5 Å². The first-order valence-electron chi connectivity index (χ1n) is 7.45. The summed E-state index contributed by atoms with van der Waals surface area (Å²) >= 11 is 0. The molecule has 0 spiro atoms. The minimum absolute atomic E-state index is 0.378. The highest BCUT2D eigenvalue weighted by molar-refractivity contribution is 5.46. The summed E-state index contributed by atoms with van der Waals surface area (Å²) in [5.41, 5.74) is 3.81. The van der Waals surface area contributed by atoms with Gasteiger partial charge in [-0.1, -0.05) is 30.3 Å². The zero-order valence-electron chi connectivity index (χ0n) is 12.7. The third-order valence-corrected chi connectivity index (χ3v) is 3.96. The van der Waals surface area contributed by atoms with Crippen LogP contribution in [0.4, 0.5) is 5.69 Å². The number of nitrogens with one attached hydrogen (secondary N) is 1. The molecule has 0 fully saturated rings. The molecule has 1 atom stereocenters. The summed E-state index contributed by atoms with van der Waals surface area (Å²) in [6, 6.07) is 17.4. The number of para-hydroxylation sites is 1. The SMILES string of the molecule is CN(C)c1ccc(CNC2CCOc3ccccc32)cc1. The molecule has 0 saturated heterocycles. The third kappa shape index (κ3) is 3.19. The standard InChI is InChI=1S/C18H22N2O/c1-20(2)15-9-7-14(8-10-15)13-19-17-11-12-21-18-6-4-3-5-16(17)18/h3-10,17,19H,11-13H2,1-2H3. The van der Waals surface area contributed by atoms with Gasteiger partial charge in [0, 0.05) is 44.4 Å². The number of hydrogen-bond acceptors (Lipinski definition) is 3. The van der Waals surface area contributed by atoms with Gasteiger partial charge >= 0.3 is 0 Å². The Balaban J connectivity index is 1.66. The van der Waals surface area contributed by atoms with Crippen molar-refractivity contribution < 1.29 is 4.74 Å². The molecule has 21 heavy (non-hydrogen) atoms. The summed E-state index contributed by atoms with van der Waals surface area (Å²) in [6.45, 7) is 1.67. The molecule has 1 heterocycles. The quantitative estimate of drug-likeness (QED) is 0.930. The summed E-state index contributed by atoms with van der Waals surface area (Å²) in [5, 5.41) is 3.65. The van der Waals surface area contributed by atoms with Crippen molar-refractivity contribution in [1.29, 1.82) is 0 Å². The Hall–Kier alpha value is -2.00. The van der Waals surface area contributed by atoms with E-state index in [-0.39, 0.29) is 0 Å². The molecule has 0 amide bonds. The van der Waals surface area contributed by atoms with Crippen LogP contribution in [-0.4, -0.2) is 20.7 Å². The second kappa shape index (κ2) is 6.19. The number of rotatable bonds is 4.